The summed E-state index contributed by atoms with van der Waals surface area (Å²) in [6.45, 7) is 7.02. The number of allylic oxidation sites excluding steroid dienone is 3. The predicted octanol–water partition coefficient (Wildman–Crippen LogP) is 5.07. The van der Waals surface area contributed by atoms with Crippen molar-refractivity contribution in [3.63, 3.8) is 0 Å². The summed E-state index contributed by atoms with van der Waals surface area (Å²) >= 11 is 1.59. The van der Waals surface area contributed by atoms with Crippen LogP contribution in [0.4, 0.5) is 5.69 Å². The van der Waals surface area contributed by atoms with Gasteiger partial charge >= 0.3 is 11.7 Å². The van der Waals surface area contributed by atoms with Crippen LogP contribution < -0.4 is 10.1 Å². The number of dihydropyridines is 1. The molecular weight excluding hydrogens is 484 g/mol. The smallest absolute Gasteiger partial charge is 0.337 e. The number of nitro groups is 1. The normalized spacial score (nSPS) is 19.8. The first-order valence-electron chi connectivity index (χ1n) is 11.7. The Hall–Kier alpha value is -3.66. The molecule has 0 saturated carbocycles. The van der Waals surface area contributed by atoms with E-state index in [0.717, 1.165) is 4.88 Å². The maximum Gasteiger partial charge on any atom is 0.337 e. The van der Waals surface area contributed by atoms with Gasteiger partial charge in [0, 0.05) is 46.2 Å². The number of Topliss-reactive ketones (excluding diaryl/α,β-unsaturated/α-hetero) is 1. The SMILES string of the molecule is CCOc1cc([C@H]2C(C(=O)OC(C)C)=C(C)NC3=C2C(=O)C[C@H](c2cccs2)C3)cc([N+](=O)[O-])c1O. The zero-order chi connectivity index (χ0) is 26.1. The maximum absolute atomic E-state index is 13.6. The molecule has 1 aliphatic heterocycles. The molecule has 2 aliphatic rings. The number of nitrogens with one attached hydrogen (secondary N) is 1. The first-order chi connectivity index (χ1) is 17.1. The third-order valence-corrected chi connectivity index (χ3v) is 7.28. The van der Waals surface area contributed by atoms with Gasteiger partial charge in [-0.3, -0.25) is 14.9 Å². The van der Waals surface area contributed by atoms with Crippen LogP contribution in [0.2, 0.25) is 0 Å². The average Bonchev–Trinajstić information content (AvgIpc) is 3.34. The molecule has 2 atom stereocenters. The Morgan fingerprint density at radius 1 is 1.33 bits per heavy atom. The summed E-state index contributed by atoms with van der Waals surface area (Å²) in [4.78, 5) is 39.0. The van der Waals surface area contributed by atoms with Crippen LogP contribution in [0.1, 0.15) is 62.8 Å². The highest BCUT2D eigenvalue weighted by Crippen LogP contribution is 2.49. The molecule has 1 aromatic carbocycles. The van der Waals surface area contributed by atoms with Gasteiger partial charge in [-0.25, -0.2) is 4.79 Å². The van der Waals surface area contributed by atoms with Gasteiger partial charge in [-0.1, -0.05) is 6.07 Å². The van der Waals surface area contributed by atoms with E-state index in [2.05, 4.69) is 5.32 Å². The van der Waals surface area contributed by atoms with Crippen molar-refractivity contribution in [1.82, 2.24) is 5.32 Å². The Bertz CT molecular complexity index is 1280. The summed E-state index contributed by atoms with van der Waals surface area (Å²) in [6.07, 6.45) is 0.398. The van der Waals surface area contributed by atoms with Crippen molar-refractivity contribution >= 4 is 28.8 Å². The highest BCUT2D eigenvalue weighted by atomic mass is 32.1. The number of hydrogen-bond acceptors (Lipinski definition) is 9. The number of aromatic hydroxyl groups is 1. The molecule has 36 heavy (non-hydrogen) atoms. The summed E-state index contributed by atoms with van der Waals surface area (Å²) in [6, 6.07) is 6.61. The van der Waals surface area contributed by atoms with Gasteiger partial charge in [-0.15, -0.1) is 11.3 Å². The number of ketones is 1. The van der Waals surface area contributed by atoms with Crippen LogP contribution in [0.5, 0.6) is 11.5 Å². The van der Waals surface area contributed by atoms with Crippen LogP contribution in [0, 0.1) is 10.1 Å². The highest BCUT2D eigenvalue weighted by molar-refractivity contribution is 7.10. The van der Waals surface area contributed by atoms with Crippen LogP contribution >= 0.6 is 11.3 Å². The molecule has 190 valence electrons. The second-order valence-corrected chi connectivity index (χ2v) is 10.0. The highest BCUT2D eigenvalue weighted by Gasteiger charge is 2.42. The molecular formula is C26H28N2O7S. The lowest BCUT2D eigenvalue weighted by Crippen LogP contribution is -2.36. The summed E-state index contributed by atoms with van der Waals surface area (Å²) in [7, 11) is 0. The number of nitro benzene ring substituents is 1. The van der Waals surface area contributed by atoms with E-state index in [0.29, 0.717) is 29.0 Å². The predicted molar refractivity (Wildman–Crippen MR) is 134 cm³/mol. The number of phenolic OH excluding ortho intramolecular Hbond substituents is 1. The fourth-order valence-corrected chi connectivity index (χ4v) is 5.66. The summed E-state index contributed by atoms with van der Waals surface area (Å²) in [5, 5.41) is 27.4. The number of nitrogens with zero attached hydrogens (tertiary/aromatic N) is 1. The van der Waals surface area contributed by atoms with Crippen molar-refractivity contribution in [2.24, 2.45) is 0 Å². The molecule has 4 rings (SSSR count). The van der Waals surface area contributed by atoms with Gasteiger partial charge < -0.3 is 19.9 Å². The molecule has 0 radical (unpaired) electrons. The lowest BCUT2D eigenvalue weighted by atomic mass is 9.72. The van der Waals surface area contributed by atoms with Gasteiger partial charge in [0.2, 0.25) is 5.75 Å². The van der Waals surface area contributed by atoms with Crippen LogP contribution in [0.3, 0.4) is 0 Å². The number of phenols is 1. The molecule has 2 aromatic rings. The lowest BCUT2D eigenvalue weighted by Gasteiger charge is -2.36. The monoisotopic (exact) mass is 512 g/mol. The summed E-state index contributed by atoms with van der Waals surface area (Å²) in [5.41, 5.74) is 1.51. The van der Waals surface area contributed by atoms with E-state index < -0.39 is 34.4 Å². The van der Waals surface area contributed by atoms with E-state index in [-0.39, 0.29) is 36.1 Å². The van der Waals surface area contributed by atoms with E-state index in [1.165, 1.54) is 12.1 Å². The van der Waals surface area contributed by atoms with E-state index in [1.807, 2.05) is 17.5 Å². The van der Waals surface area contributed by atoms with E-state index in [1.54, 1.807) is 39.0 Å². The molecule has 0 fully saturated rings. The van der Waals surface area contributed by atoms with Gasteiger partial charge in [-0.05, 0) is 57.2 Å². The van der Waals surface area contributed by atoms with E-state index in [4.69, 9.17) is 9.47 Å². The van der Waals surface area contributed by atoms with Gasteiger partial charge in [0.05, 0.1) is 23.2 Å². The number of ether oxygens (including phenoxy) is 2. The minimum Gasteiger partial charge on any atom is -0.500 e. The largest absolute Gasteiger partial charge is 0.500 e. The number of rotatable bonds is 7. The number of hydrogen-bond donors (Lipinski definition) is 2. The minimum absolute atomic E-state index is 0.00509. The van der Waals surface area contributed by atoms with Gasteiger partial charge in [-0.2, -0.15) is 0 Å². The number of thiophene rings is 1. The Morgan fingerprint density at radius 2 is 2.08 bits per heavy atom. The second-order valence-electron chi connectivity index (χ2n) is 9.06. The van der Waals surface area contributed by atoms with Crippen LogP contribution in [0.25, 0.3) is 0 Å². The van der Waals surface area contributed by atoms with Crippen molar-refractivity contribution in [2.75, 3.05) is 6.61 Å². The Morgan fingerprint density at radius 3 is 2.69 bits per heavy atom. The molecule has 2 heterocycles. The molecule has 0 unspecified atom stereocenters. The van der Waals surface area contributed by atoms with Crippen LogP contribution in [-0.2, 0) is 14.3 Å². The van der Waals surface area contributed by atoms with Crippen molar-refractivity contribution in [2.45, 2.75) is 58.5 Å². The minimum atomic E-state index is -0.914. The topological polar surface area (TPSA) is 128 Å². The maximum atomic E-state index is 13.6. The van der Waals surface area contributed by atoms with E-state index in [9.17, 15) is 24.8 Å². The molecule has 1 aromatic heterocycles. The van der Waals surface area contributed by atoms with Crippen LogP contribution in [-0.4, -0.2) is 34.5 Å². The average molecular weight is 513 g/mol. The second kappa shape index (κ2) is 10.1. The molecule has 10 heteroatoms. The molecule has 0 amide bonds. The Labute approximate surface area is 212 Å². The fraction of sp³-hybridized carbons (Fsp3) is 0.385. The molecule has 9 nitrogen and oxygen atoms in total. The van der Waals surface area contributed by atoms with Crippen molar-refractivity contribution in [3.8, 4) is 11.5 Å². The zero-order valence-electron chi connectivity index (χ0n) is 20.5. The fourth-order valence-electron chi connectivity index (χ4n) is 4.83. The first kappa shape index (κ1) is 25.4. The van der Waals surface area contributed by atoms with Gasteiger partial charge in [0.25, 0.3) is 0 Å². The van der Waals surface area contributed by atoms with Gasteiger partial charge in [0.15, 0.2) is 11.5 Å². The van der Waals surface area contributed by atoms with Crippen LogP contribution in [0.15, 0.2) is 52.2 Å². The molecule has 0 spiro atoms. The first-order valence-corrected chi connectivity index (χ1v) is 12.6. The number of esters is 1. The Kier molecular flexibility index (Phi) is 7.16. The number of benzene rings is 1. The quantitative estimate of drug-likeness (QED) is 0.299. The Balaban J connectivity index is 1.91. The van der Waals surface area contributed by atoms with Crippen molar-refractivity contribution < 1.29 is 29.1 Å². The summed E-state index contributed by atoms with van der Waals surface area (Å²) < 4.78 is 11.0. The third-order valence-electron chi connectivity index (χ3n) is 6.24. The number of carbonyl (C=O) groups is 2. The molecule has 0 bridgehead atoms. The molecule has 0 saturated heterocycles. The zero-order valence-corrected chi connectivity index (χ0v) is 21.3. The lowest BCUT2D eigenvalue weighted by molar-refractivity contribution is -0.386. The van der Waals surface area contributed by atoms with Crippen molar-refractivity contribution in [3.05, 3.63) is 72.7 Å². The number of carbonyl (C=O) groups excluding carboxylic acids is 2. The molecule has 2 N–H and O–H groups in total. The van der Waals surface area contributed by atoms with Crippen molar-refractivity contribution in [1.29, 1.82) is 0 Å². The third kappa shape index (κ3) is 4.73. The van der Waals surface area contributed by atoms with Gasteiger partial charge in [0.1, 0.15) is 0 Å². The summed E-state index contributed by atoms with van der Waals surface area (Å²) in [5.74, 6) is -2.38. The standard InChI is InChI=1S/C26H28N2O7S/c1-5-34-20-12-16(10-18(25(20)30)28(32)33)23-22(26(31)35-13(2)3)14(4)27-17-9-15(11-19(29)24(17)23)21-7-6-8-36-21/h6-8,10,12-13,15,23,27,30H,5,9,11H2,1-4H3/t15-,23+/m1/s1. The molecule has 1 aliphatic carbocycles. The van der Waals surface area contributed by atoms with E-state index >= 15 is 0 Å².